The topological polar surface area (TPSA) is 114 Å². The lowest BCUT2D eigenvalue weighted by molar-refractivity contribution is -0.873. The maximum Gasteiger partial charge on any atom is 0.573 e. The fraction of sp³-hybridized carbons (Fsp3) is 0.682. The number of carbonyl (C=O) groups excluding carboxylic acids is 1. The molecule has 0 aliphatic heterocycles. The Hall–Kier alpha value is -1.85. The normalized spacial score (nSPS) is 14.8. The zero-order chi connectivity index (χ0) is 26.5. The number of unbranched alkanes of at least 4 members (excludes halogenated alkanes) is 5. The van der Waals surface area contributed by atoms with Crippen LogP contribution in [0.5, 0.6) is 11.5 Å². The molecular weight excluding hydrogens is 494 g/mol. The molecule has 1 N–H and O–H groups in total. The van der Waals surface area contributed by atoms with Crippen LogP contribution >= 0.6 is 7.82 Å². The number of carboxylic acids is 1. The zero-order valence-corrected chi connectivity index (χ0v) is 21.2. The molecular formula is C22H35F3NO8P. The van der Waals surface area contributed by atoms with Crippen LogP contribution in [0.15, 0.2) is 24.3 Å². The molecule has 1 rings (SSSR count). The third-order valence-electron chi connectivity index (χ3n) is 4.55. The standard InChI is InChI=1S/C22H35F3NO8P/c1-26(2,3)17-20(16-21(27)28)34-35(29,30)32-15-9-7-5-4-6-8-14-31-18-10-12-19(13-11-18)33-22(23,24)25/h10-13,20H,4-9,14-17H2,1-3H3,(H-,27,28,29,30)/t20-/m1/s1. The van der Waals surface area contributed by atoms with E-state index in [0.29, 0.717) is 23.3 Å². The third kappa shape index (κ3) is 17.3. The quantitative estimate of drug-likeness (QED) is 0.174. The Bertz CT molecular complexity index is 799. The van der Waals surface area contributed by atoms with Gasteiger partial charge in [-0.3, -0.25) is 9.05 Å². The first kappa shape index (κ1) is 31.2. The molecule has 1 aromatic rings. The molecule has 202 valence electrons. The van der Waals surface area contributed by atoms with Gasteiger partial charge in [-0.05, 0) is 37.1 Å². The number of benzene rings is 1. The molecule has 0 amide bonds. The smallest absolute Gasteiger partial charge is 0.550 e. The van der Waals surface area contributed by atoms with Crippen LogP contribution in [-0.4, -0.2) is 68.7 Å². The van der Waals surface area contributed by atoms with E-state index in [1.807, 2.05) is 0 Å². The fourth-order valence-electron chi connectivity index (χ4n) is 3.17. The largest absolute Gasteiger partial charge is 0.573 e. The van der Waals surface area contributed by atoms with Crippen molar-refractivity contribution < 1.29 is 55.5 Å². The van der Waals surface area contributed by atoms with E-state index in [0.717, 1.165) is 32.1 Å². The number of quaternary nitrogens is 1. The first-order valence-corrected chi connectivity index (χ1v) is 12.8. The summed E-state index contributed by atoms with van der Waals surface area (Å²) in [6, 6.07) is 5.20. The number of hydrogen-bond acceptors (Lipinski definition) is 7. The number of ether oxygens (including phenoxy) is 2. The summed E-state index contributed by atoms with van der Waals surface area (Å²) in [5, 5.41) is 10.9. The first-order chi connectivity index (χ1) is 16.2. The number of aliphatic carboxylic acids is 1. The number of halogens is 3. The van der Waals surface area contributed by atoms with Crippen molar-refractivity contribution in [2.45, 2.75) is 57.4 Å². The molecule has 2 atom stereocenters. The highest BCUT2D eigenvalue weighted by atomic mass is 31.2. The Balaban J connectivity index is 2.14. The minimum absolute atomic E-state index is 0.00730. The minimum Gasteiger partial charge on any atom is -0.550 e. The fourth-order valence-corrected chi connectivity index (χ4v) is 4.11. The number of hydrogen-bond donors (Lipinski definition) is 1. The van der Waals surface area contributed by atoms with Gasteiger partial charge in [-0.25, -0.2) is 4.57 Å². The van der Waals surface area contributed by atoms with Gasteiger partial charge < -0.3 is 28.8 Å². The molecule has 0 bridgehead atoms. The van der Waals surface area contributed by atoms with Gasteiger partial charge in [0.15, 0.2) is 0 Å². The first-order valence-electron chi connectivity index (χ1n) is 11.3. The van der Waals surface area contributed by atoms with Crippen LogP contribution in [0.1, 0.15) is 44.9 Å². The number of rotatable bonds is 18. The van der Waals surface area contributed by atoms with E-state index < -0.39 is 32.7 Å². The Labute approximate surface area is 203 Å². The second-order valence-electron chi connectivity index (χ2n) is 9.07. The van der Waals surface area contributed by atoms with Crippen LogP contribution in [-0.2, 0) is 18.4 Å². The number of nitrogens with zero attached hydrogens (tertiary/aromatic N) is 1. The minimum atomic E-state index is -4.73. The van der Waals surface area contributed by atoms with Crippen LogP contribution in [0.25, 0.3) is 0 Å². The van der Waals surface area contributed by atoms with Crippen LogP contribution in [0.2, 0.25) is 0 Å². The summed E-state index contributed by atoms with van der Waals surface area (Å²) in [6.45, 7) is 0.630. The van der Waals surface area contributed by atoms with Crippen molar-refractivity contribution >= 4 is 13.8 Å². The summed E-state index contributed by atoms with van der Waals surface area (Å²) in [5.74, 6) is -1.22. The second kappa shape index (κ2) is 14.6. The van der Waals surface area contributed by atoms with Gasteiger partial charge in [0.2, 0.25) is 0 Å². The molecule has 0 heterocycles. The highest BCUT2D eigenvalue weighted by Gasteiger charge is 2.31. The van der Waals surface area contributed by atoms with Crippen LogP contribution in [0.4, 0.5) is 13.2 Å². The van der Waals surface area contributed by atoms with Crippen molar-refractivity contribution in [1.29, 1.82) is 0 Å². The summed E-state index contributed by atoms with van der Waals surface area (Å²) < 4.78 is 68.1. The number of phosphoric ester groups is 1. The van der Waals surface area contributed by atoms with E-state index >= 15 is 0 Å². The van der Waals surface area contributed by atoms with E-state index in [1.165, 1.54) is 24.3 Å². The molecule has 1 aromatic carbocycles. The number of carbonyl (C=O) groups is 1. The highest BCUT2D eigenvalue weighted by molar-refractivity contribution is 7.47. The van der Waals surface area contributed by atoms with Crippen molar-refractivity contribution in [3.8, 4) is 11.5 Å². The van der Waals surface area contributed by atoms with Crippen LogP contribution in [0, 0.1) is 0 Å². The summed E-state index contributed by atoms with van der Waals surface area (Å²) in [7, 11) is 1.02. The van der Waals surface area contributed by atoms with Gasteiger partial charge in [0.05, 0.1) is 34.4 Å². The molecule has 35 heavy (non-hydrogen) atoms. The Morgan fingerprint density at radius 1 is 1.00 bits per heavy atom. The summed E-state index contributed by atoms with van der Waals surface area (Å²) >= 11 is 0. The number of phosphoric acid groups is 1. The lowest BCUT2D eigenvalue weighted by Crippen LogP contribution is -2.44. The summed E-state index contributed by atoms with van der Waals surface area (Å²) in [6.07, 6.45) is -1.51. The van der Waals surface area contributed by atoms with Crippen molar-refractivity contribution in [3.63, 3.8) is 0 Å². The van der Waals surface area contributed by atoms with Gasteiger partial charge in [-0.1, -0.05) is 25.7 Å². The lowest BCUT2D eigenvalue weighted by Gasteiger charge is -2.30. The number of alkyl halides is 3. The number of carboxylic acid groups (broad SMARTS) is 1. The summed E-state index contributed by atoms with van der Waals surface area (Å²) in [5.41, 5.74) is 0. The SMILES string of the molecule is C[N+](C)(C)C[C@@H](CC(=O)[O-])OP(=O)(O)OCCCCCCCCOc1ccc(OC(F)(F)F)cc1. The average Bonchev–Trinajstić information content (AvgIpc) is 2.67. The molecule has 0 aliphatic carbocycles. The maximum atomic E-state index is 12.1. The monoisotopic (exact) mass is 529 g/mol. The predicted molar refractivity (Wildman–Crippen MR) is 119 cm³/mol. The number of likely N-dealkylation sites (N-methyl/N-ethyl adjacent to an activating group) is 1. The van der Waals surface area contributed by atoms with Gasteiger partial charge in [0, 0.05) is 12.4 Å². The lowest BCUT2D eigenvalue weighted by atomic mass is 10.1. The molecule has 9 nitrogen and oxygen atoms in total. The van der Waals surface area contributed by atoms with Crippen LogP contribution in [0.3, 0.4) is 0 Å². The van der Waals surface area contributed by atoms with Gasteiger partial charge in [0.25, 0.3) is 0 Å². The molecule has 0 aliphatic rings. The second-order valence-corrected chi connectivity index (χ2v) is 10.5. The Kier molecular flexibility index (Phi) is 13.0. The van der Waals surface area contributed by atoms with E-state index in [4.69, 9.17) is 13.8 Å². The molecule has 0 saturated carbocycles. The van der Waals surface area contributed by atoms with Gasteiger partial charge in [-0.15, -0.1) is 13.2 Å². The van der Waals surface area contributed by atoms with Gasteiger partial charge in [0.1, 0.15) is 24.1 Å². The average molecular weight is 529 g/mol. The van der Waals surface area contributed by atoms with Crippen LogP contribution < -0.4 is 14.6 Å². The predicted octanol–water partition coefficient (Wildman–Crippen LogP) is 3.65. The molecule has 0 fully saturated rings. The van der Waals surface area contributed by atoms with E-state index in [1.54, 1.807) is 21.1 Å². The van der Waals surface area contributed by atoms with Crippen molar-refractivity contribution in [2.24, 2.45) is 0 Å². The van der Waals surface area contributed by atoms with E-state index in [2.05, 4.69) is 4.74 Å². The zero-order valence-electron chi connectivity index (χ0n) is 20.3. The summed E-state index contributed by atoms with van der Waals surface area (Å²) in [4.78, 5) is 20.8. The van der Waals surface area contributed by atoms with E-state index in [-0.39, 0.29) is 18.9 Å². The van der Waals surface area contributed by atoms with Crippen molar-refractivity contribution in [2.75, 3.05) is 40.9 Å². The van der Waals surface area contributed by atoms with E-state index in [9.17, 15) is 32.5 Å². The Morgan fingerprint density at radius 3 is 2.03 bits per heavy atom. The molecule has 0 spiro atoms. The molecule has 0 saturated heterocycles. The van der Waals surface area contributed by atoms with Gasteiger partial charge in [-0.2, -0.15) is 0 Å². The molecule has 0 aromatic heterocycles. The van der Waals surface area contributed by atoms with Crippen molar-refractivity contribution in [1.82, 2.24) is 0 Å². The molecule has 1 unspecified atom stereocenters. The Morgan fingerprint density at radius 2 is 1.51 bits per heavy atom. The molecule has 13 heteroatoms. The van der Waals surface area contributed by atoms with Crippen molar-refractivity contribution in [3.05, 3.63) is 24.3 Å². The molecule has 0 radical (unpaired) electrons. The third-order valence-corrected chi connectivity index (χ3v) is 5.62. The van der Waals surface area contributed by atoms with Gasteiger partial charge >= 0.3 is 14.2 Å². The maximum absolute atomic E-state index is 12.1. The highest BCUT2D eigenvalue weighted by Crippen LogP contribution is 2.45.